The third kappa shape index (κ3) is 1.79. The third-order valence-electron chi connectivity index (χ3n) is 0.680. The van der Waals surface area contributed by atoms with Crippen LogP contribution in [0.5, 0.6) is 0 Å². The minimum Gasteiger partial charge on any atom is -0.258 e. The van der Waals surface area contributed by atoms with E-state index in [2.05, 4.69) is 20.9 Å². The smallest absolute Gasteiger partial charge is 0.0654 e. The summed E-state index contributed by atoms with van der Waals surface area (Å²) in [5, 5.41) is 0. The molecule has 1 heterocycles. The molecule has 0 fully saturated rings. The molecule has 0 aliphatic heterocycles. The van der Waals surface area contributed by atoms with Gasteiger partial charge in [-0.1, -0.05) is 15.9 Å². The molecule has 0 N–H and O–H groups in total. The van der Waals surface area contributed by atoms with Crippen molar-refractivity contribution in [3.8, 4) is 0 Å². The fraction of sp³-hybridized carbons (Fsp3) is 0.286. The average molecular weight is 194 g/mol. The fourth-order valence-corrected chi connectivity index (χ4v) is 0.782. The van der Waals surface area contributed by atoms with Crippen LogP contribution >= 0.6 is 15.9 Å². The predicted octanol–water partition coefficient (Wildman–Crippen LogP) is 2.46. The molecule has 1 aromatic heterocycles. The molecule has 0 aliphatic rings. The Labute approximate surface area is 74.5 Å². The lowest BCUT2D eigenvalue weighted by atomic mass is 10.3. The zero-order chi connectivity index (χ0) is 13.6. The van der Waals surface area contributed by atoms with Crippen LogP contribution in [0, 0.1) is 13.7 Å². The van der Waals surface area contributed by atoms with E-state index in [1.54, 1.807) is 0 Å². The maximum atomic E-state index is 7.52. The Kier molecular flexibility index (Phi) is 0.501. The topological polar surface area (TPSA) is 12.9 Å². The maximum absolute atomic E-state index is 7.52. The highest BCUT2D eigenvalue weighted by Crippen LogP contribution is 2.10. The van der Waals surface area contributed by atoms with Crippen LogP contribution in [0.1, 0.15) is 22.4 Å². The summed E-state index contributed by atoms with van der Waals surface area (Å²) in [5.41, 5.74) is -1.24. The molecule has 0 amide bonds. The molecule has 0 unspecified atom stereocenters. The van der Waals surface area contributed by atoms with E-state index in [0.717, 1.165) is 0 Å². The van der Waals surface area contributed by atoms with Crippen LogP contribution in [0.3, 0.4) is 0 Å². The van der Waals surface area contributed by atoms with Crippen LogP contribution in [0.4, 0.5) is 0 Å². The first-order valence-electron chi connectivity index (χ1n) is 6.14. The largest absolute Gasteiger partial charge is 0.258 e. The number of aryl methyl sites for hydroxylation is 2. The van der Waals surface area contributed by atoms with E-state index in [0.29, 0.717) is 0 Å². The van der Waals surface area contributed by atoms with Gasteiger partial charge in [-0.15, -0.1) is 0 Å². The molecule has 1 nitrogen and oxygen atoms in total. The lowest BCUT2D eigenvalue weighted by Crippen LogP contribution is -1.83. The standard InChI is InChI=1S/C7H8BrN/c1-5-3-7(8)4-6(2)9-5/h3-4H,1-2H3/i1D3,2D3,3D,4D. The van der Waals surface area contributed by atoms with Crippen LogP contribution < -0.4 is 0 Å². The summed E-state index contributed by atoms with van der Waals surface area (Å²) in [6, 6.07) is -0.967. The van der Waals surface area contributed by atoms with E-state index in [-0.39, 0.29) is 4.47 Å². The van der Waals surface area contributed by atoms with Gasteiger partial charge in [0.05, 0.1) is 2.74 Å². The Morgan fingerprint density at radius 2 is 2.11 bits per heavy atom. The predicted molar refractivity (Wildman–Crippen MR) is 41.4 cm³/mol. The first-order valence-corrected chi connectivity index (χ1v) is 2.93. The van der Waals surface area contributed by atoms with Crippen molar-refractivity contribution in [3.05, 3.63) is 27.9 Å². The van der Waals surface area contributed by atoms with Gasteiger partial charge in [0.2, 0.25) is 0 Å². The molecule has 2 heteroatoms. The summed E-state index contributed by atoms with van der Waals surface area (Å²) in [7, 11) is 0. The molecule has 0 saturated heterocycles. The minimum atomic E-state index is -2.69. The summed E-state index contributed by atoms with van der Waals surface area (Å²) in [6.07, 6.45) is 0. The molecule has 9 heavy (non-hydrogen) atoms. The molecule has 0 atom stereocenters. The number of hydrogen-bond donors (Lipinski definition) is 0. The Morgan fingerprint density at radius 1 is 1.56 bits per heavy atom. The van der Waals surface area contributed by atoms with E-state index in [1.807, 2.05) is 0 Å². The van der Waals surface area contributed by atoms with Gasteiger partial charge in [0, 0.05) is 24.1 Å². The molecule has 0 aliphatic carbocycles. The van der Waals surface area contributed by atoms with Gasteiger partial charge in [-0.05, 0) is 25.8 Å². The van der Waals surface area contributed by atoms with Gasteiger partial charge in [0.1, 0.15) is 0 Å². The third-order valence-corrected chi connectivity index (χ3v) is 1.08. The summed E-state index contributed by atoms with van der Waals surface area (Å²) in [4.78, 5) is 3.45. The van der Waals surface area contributed by atoms with Crippen molar-refractivity contribution in [2.45, 2.75) is 13.7 Å². The second-order valence-electron chi connectivity index (χ2n) is 1.37. The van der Waals surface area contributed by atoms with Gasteiger partial charge in [-0.2, -0.15) is 0 Å². The molecular weight excluding hydrogens is 178 g/mol. The highest BCUT2D eigenvalue weighted by Gasteiger charge is 1.90. The molecule has 0 saturated carbocycles. The summed E-state index contributed by atoms with van der Waals surface area (Å²) < 4.78 is 57.9. The summed E-state index contributed by atoms with van der Waals surface area (Å²) >= 11 is 2.85. The van der Waals surface area contributed by atoms with Crippen molar-refractivity contribution in [2.75, 3.05) is 0 Å². The van der Waals surface area contributed by atoms with Crippen LogP contribution in [0.15, 0.2) is 16.6 Å². The normalized spacial score (nSPS) is 25.4. The van der Waals surface area contributed by atoms with E-state index in [9.17, 15) is 0 Å². The van der Waals surface area contributed by atoms with Crippen LogP contribution in [0.25, 0.3) is 0 Å². The van der Waals surface area contributed by atoms with E-state index >= 15 is 0 Å². The van der Waals surface area contributed by atoms with Crippen molar-refractivity contribution in [3.63, 3.8) is 0 Å². The van der Waals surface area contributed by atoms with Crippen molar-refractivity contribution in [1.82, 2.24) is 4.98 Å². The van der Waals surface area contributed by atoms with Crippen molar-refractivity contribution in [2.24, 2.45) is 0 Å². The second kappa shape index (κ2) is 2.48. The molecule has 48 valence electrons. The molecule has 0 bridgehead atoms. The Balaban J connectivity index is 3.63. The molecule has 0 aromatic carbocycles. The Bertz CT molecular complexity index is 410. The Morgan fingerprint density at radius 3 is 2.56 bits per heavy atom. The molecule has 1 aromatic rings. The lowest BCUT2D eigenvalue weighted by molar-refractivity contribution is 1.11. The summed E-state index contributed by atoms with van der Waals surface area (Å²) in [6.45, 7) is -5.37. The number of halogens is 1. The quantitative estimate of drug-likeness (QED) is 0.618. The van der Waals surface area contributed by atoms with Crippen molar-refractivity contribution in [1.29, 1.82) is 0 Å². The van der Waals surface area contributed by atoms with Gasteiger partial charge in [-0.25, -0.2) is 0 Å². The monoisotopic (exact) mass is 193 g/mol. The van der Waals surface area contributed by atoms with Gasteiger partial charge in [-0.3, -0.25) is 4.98 Å². The van der Waals surface area contributed by atoms with Crippen LogP contribution in [0.2, 0.25) is 0 Å². The van der Waals surface area contributed by atoms with E-state index < -0.39 is 37.2 Å². The van der Waals surface area contributed by atoms with Crippen molar-refractivity contribution >= 4 is 15.9 Å². The zero-order valence-corrected chi connectivity index (χ0v) is 5.91. The van der Waals surface area contributed by atoms with Crippen LogP contribution in [-0.2, 0) is 0 Å². The highest BCUT2D eigenvalue weighted by molar-refractivity contribution is 9.10. The second-order valence-corrected chi connectivity index (χ2v) is 2.17. The number of rotatable bonds is 0. The zero-order valence-electron chi connectivity index (χ0n) is 12.3. The van der Waals surface area contributed by atoms with Gasteiger partial charge in [0.15, 0.2) is 0 Å². The first-order chi connectivity index (χ1) is 7.46. The van der Waals surface area contributed by atoms with Crippen LogP contribution in [-0.4, -0.2) is 4.98 Å². The number of pyridine rings is 1. The van der Waals surface area contributed by atoms with Gasteiger partial charge < -0.3 is 0 Å². The van der Waals surface area contributed by atoms with Crippen molar-refractivity contribution < 1.29 is 11.0 Å². The fourth-order valence-electron chi connectivity index (χ4n) is 0.407. The maximum Gasteiger partial charge on any atom is 0.0654 e. The number of nitrogens with zero attached hydrogens (tertiary/aromatic N) is 1. The van der Waals surface area contributed by atoms with Gasteiger partial charge >= 0.3 is 0 Å². The number of aromatic nitrogens is 1. The molecule has 1 rings (SSSR count). The average Bonchev–Trinajstić information content (AvgIpc) is 2.10. The van der Waals surface area contributed by atoms with E-state index in [4.69, 9.17) is 11.0 Å². The first kappa shape index (κ1) is 1.82. The van der Waals surface area contributed by atoms with Gasteiger partial charge in [0.25, 0.3) is 0 Å². The molecule has 0 spiro atoms. The summed E-state index contributed by atoms with van der Waals surface area (Å²) in [5.74, 6) is 0. The molecular formula is C7H8BrN. The minimum absolute atomic E-state index is 0.176. The SMILES string of the molecule is [2H]c1c(C([2H])([2H])[2H])nc(C([2H])([2H])[2H])c([2H])c1Br. The number of hydrogen-bond acceptors (Lipinski definition) is 1. The van der Waals surface area contributed by atoms with E-state index in [1.165, 1.54) is 0 Å². The Hall–Kier alpha value is -0.370. The molecule has 0 radical (unpaired) electrons. The lowest BCUT2D eigenvalue weighted by Gasteiger charge is -1.94. The highest BCUT2D eigenvalue weighted by atomic mass is 79.9.